The molecule has 0 bridgehead atoms. The minimum absolute atomic E-state index is 0.0343. The molecule has 0 saturated heterocycles. The van der Waals surface area contributed by atoms with E-state index in [4.69, 9.17) is 4.84 Å². The molecule has 4 rings (SSSR count). The fraction of sp³-hybridized carbons (Fsp3) is 0.481. The van der Waals surface area contributed by atoms with Crippen molar-refractivity contribution in [1.82, 2.24) is 15.0 Å². The molecule has 0 unspecified atom stereocenters. The van der Waals surface area contributed by atoms with Gasteiger partial charge in [-0.2, -0.15) is 4.72 Å². The molecule has 1 aliphatic carbocycles. The molecule has 1 fully saturated rings. The number of aliphatic carboxylic acids is 1. The summed E-state index contributed by atoms with van der Waals surface area (Å²) in [5.41, 5.74) is 1.56. The lowest BCUT2D eigenvalue weighted by molar-refractivity contribution is -0.138. The second-order valence-electron chi connectivity index (χ2n) is 10.5. The summed E-state index contributed by atoms with van der Waals surface area (Å²) in [5.74, 6) is -0.688. The van der Waals surface area contributed by atoms with Crippen LogP contribution in [0.3, 0.4) is 0 Å². The summed E-state index contributed by atoms with van der Waals surface area (Å²) in [5, 5.41) is 19.5. The van der Waals surface area contributed by atoms with Crippen LogP contribution in [0.15, 0.2) is 46.6 Å². The van der Waals surface area contributed by atoms with Gasteiger partial charge < -0.3 is 20.6 Å². The van der Waals surface area contributed by atoms with Crippen LogP contribution in [0.2, 0.25) is 0 Å². The zero-order chi connectivity index (χ0) is 28.2. The van der Waals surface area contributed by atoms with Gasteiger partial charge in [-0.3, -0.25) is 9.59 Å². The molecule has 1 atom stereocenters. The van der Waals surface area contributed by atoms with Crippen LogP contribution < -0.4 is 15.4 Å². The molecular formula is C27H35N5O6S. The van der Waals surface area contributed by atoms with E-state index in [-0.39, 0.29) is 10.6 Å². The molecule has 1 aromatic heterocycles. The van der Waals surface area contributed by atoms with Gasteiger partial charge in [-0.25, -0.2) is 13.4 Å². The minimum Gasteiger partial charge on any atom is -0.480 e. The third-order valence-corrected chi connectivity index (χ3v) is 9.07. The Kier molecular flexibility index (Phi) is 8.55. The second-order valence-corrected chi connectivity index (χ2v) is 12.1. The molecule has 1 aromatic carbocycles. The summed E-state index contributed by atoms with van der Waals surface area (Å²) in [6, 6.07) is 7.61. The van der Waals surface area contributed by atoms with Crippen molar-refractivity contribution in [2.45, 2.75) is 69.4 Å². The van der Waals surface area contributed by atoms with Crippen LogP contribution in [-0.4, -0.2) is 60.8 Å². The Bertz CT molecular complexity index is 1330. The Morgan fingerprint density at radius 3 is 2.46 bits per heavy atom. The predicted molar refractivity (Wildman–Crippen MR) is 146 cm³/mol. The molecule has 0 radical (unpaired) electrons. The summed E-state index contributed by atoms with van der Waals surface area (Å²) in [4.78, 5) is 34.7. The molecule has 11 nitrogen and oxygen atoms in total. The third kappa shape index (κ3) is 6.93. The van der Waals surface area contributed by atoms with E-state index < -0.39 is 40.1 Å². The molecule has 1 aliphatic heterocycles. The Hall–Kier alpha value is -3.51. The molecule has 39 heavy (non-hydrogen) atoms. The van der Waals surface area contributed by atoms with E-state index in [1.807, 2.05) is 25.1 Å². The van der Waals surface area contributed by atoms with Crippen LogP contribution in [0, 0.1) is 26.7 Å². The van der Waals surface area contributed by atoms with E-state index >= 15 is 0 Å². The Morgan fingerprint density at radius 2 is 1.85 bits per heavy atom. The van der Waals surface area contributed by atoms with Crippen LogP contribution in [0.4, 0.5) is 5.82 Å². The molecule has 1 amide bonds. The fourth-order valence-electron chi connectivity index (χ4n) is 5.35. The highest BCUT2D eigenvalue weighted by molar-refractivity contribution is 7.89. The Balaban J connectivity index is 1.28. The van der Waals surface area contributed by atoms with Gasteiger partial charge in [-0.15, -0.1) is 0 Å². The van der Waals surface area contributed by atoms with Crippen LogP contribution in [0.25, 0.3) is 0 Å². The number of hydrogen-bond donors (Lipinski definition) is 4. The summed E-state index contributed by atoms with van der Waals surface area (Å²) < 4.78 is 28.3. The van der Waals surface area contributed by atoms with Crippen LogP contribution in [-0.2, 0) is 24.4 Å². The van der Waals surface area contributed by atoms with Crippen molar-refractivity contribution in [2.75, 3.05) is 18.4 Å². The number of nitrogens with zero attached hydrogens (tertiary/aromatic N) is 2. The first-order valence-corrected chi connectivity index (χ1v) is 14.5. The SMILES string of the molecule is Cc1cc(C)c(S(=O)(=O)N[C@@H](CNC(=O)C2=NOC3(CCC(CNc4ccccn4)CC3)C2)C(=O)O)c(C)c1. The first-order valence-electron chi connectivity index (χ1n) is 13.0. The van der Waals surface area contributed by atoms with Gasteiger partial charge in [0.15, 0.2) is 0 Å². The zero-order valence-corrected chi connectivity index (χ0v) is 23.2. The van der Waals surface area contributed by atoms with Gasteiger partial charge in [-0.05, 0) is 75.6 Å². The number of oxime groups is 1. The van der Waals surface area contributed by atoms with Crippen LogP contribution in [0.5, 0.6) is 0 Å². The van der Waals surface area contributed by atoms with E-state index in [1.54, 1.807) is 32.2 Å². The number of carbonyl (C=O) groups is 2. The molecular weight excluding hydrogens is 522 g/mol. The molecule has 2 heterocycles. The summed E-state index contributed by atoms with van der Waals surface area (Å²) in [6.45, 7) is 5.53. The number of carboxylic acids is 1. The number of benzene rings is 1. The van der Waals surface area contributed by atoms with Gasteiger partial charge in [0.2, 0.25) is 10.0 Å². The highest BCUT2D eigenvalue weighted by atomic mass is 32.2. The van der Waals surface area contributed by atoms with E-state index in [9.17, 15) is 23.1 Å². The molecule has 1 saturated carbocycles. The third-order valence-electron chi connectivity index (χ3n) is 7.29. The number of nitrogens with one attached hydrogen (secondary N) is 3. The monoisotopic (exact) mass is 557 g/mol. The maximum Gasteiger partial charge on any atom is 0.323 e. The number of carbonyl (C=O) groups excluding carboxylic acids is 1. The maximum atomic E-state index is 13.0. The van der Waals surface area contributed by atoms with Gasteiger partial charge in [-0.1, -0.05) is 28.9 Å². The van der Waals surface area contributed by atoms with Crippen molar-refractivity contribution < 1.29 is 28.0 Å². The van der Waals surface area contributed by atoms with E-state index in [0.29, 0.717) is 23.5 Å². The van der Waals surface area contributed by atoms with Gasteiger partial charge in [0.05, 0.1) is 4.90 Å². The van der Waals surface area contributed by atoms with Gasteiger partial charge >= 0.3 is 5.97 Å². The van der Waals surface area contributed by atoms with Crippen molar-refractivity contribution in [2.24, 2.45) is 11.1 Å². The molecule has 2 aromatic rings. The van der Waals surface area contributed by atoms with Crippen molar-refractivity contribution in [3.8, 4) is 0 Å². The molecule has 2 aliphatic rings. The smallest absolute Gasteiger partial charge is 0.323 e. The number of carboxylic acid groups (broad SMARTS) is 1. The number of sulfonamides is 1. The van der Waals surface area contributed by atoms with Crippen LogP contribution >= 0.6 is 0 Å². The first-order chi connectivity index (χ1) is 18.5. The highest BCUT2D eigenvalue weighted by Gasteiger charge is 2.44. The van der Waals surface area contributed by atoms with Gasteiger partial charge in [0.25, 0.3) is 5.91 Å². The first kappa shape index (κ1) is 28.5. The summed E-state index contributed by atoms with van der Waals surface area (Å²) in [6.07, 6.45) is 5.37. The van der Waals surface area contributed by atoms with E-state index in [1.165, 1.54) is 0 Å². The van der Waals surface area contributed by atoms with Crippen molar-refractivity contribution >= 4 is 33.4 Å². The van der Waals surface area contributed by atoms with E-state index in [0.717, 1.165) is 43.6 Å². The molecule has 12 heteroatoms. The normalized spacial score (nSPS) is 21.6. The fourth-order valence-corrected chi connectivity index (χ4v) is 6.99. The van der Waals surface area contributed by atoms with E-state index in [2.05, 4.69) is 25.5 Å². The standard InChI is InChI=1S/C27H35N5O6S/c1-17-12-18(2)24(19(3)13-17)39(36,37)32-22(26(34)35)16-30-25(33)21-14-27(38-31-21)9-7-20(8-10-27)15-29-23-6-4-5-11-28-23/h4-6,11-13,20,22,32H,7-10,14-16H2,1-3H3,(H,28,29)(H,30,33)(H,34,35)/t20?,22-,27?/m0/s1. The topological polar surface area (TPSA) is 159 Å². The van der Waals surface area contributed by atoms with Crippen molar-refractivity contribution in [3.05, 3.63) is 53.2 Å². The quantitative estimate of drug-likeness (QED) is 0.347. The van der Waals surface area contributed by atoms with Crippen molar-refractivity contribution in [1.29, 1.82) is 0 Å². The average molecular weight is 558 g/mol. The minimum atomic E-state index is -4.15. The number of aromatic nitrogens is 1. The second kappa shape index (κ2) is 11.7. The number of rotatable bonds is 10. The van der Waals surface area contributed by atoms with Crippen LogP contribution in [0.1, 0.15) is 48.8 Å². The molecule has 210 valence electrons. The number of amides is 1. The molecule has 1 spiro atoms. The number of anilines is 1. The number of pyridine rings is 1. The lowest BCUT2D eigenvalue weighted by Crippen LogP contribution is -2.49. The number of hydrogen-bond acceptors (Lipinski definition) is 8. The maximum absolute atomic E-state index is 13.0. The Morgan fingerprint density at radius 1 is 1.15 bits per heavy atom. The number of aryl methyl sites for hydroxylation is 3. The van der Waals surface area contributed by atoms with Crippen molar-refractivity contribution in [3.63, 3.8) is 0 Å². The largest absolute Gasteiger partial charge is 0.480 e. The van der Waals surface area contributed by atoms with Gasteiger partial charge in [0, 0.05) is 25.7 Å². The lowest BCUT2D eigenvalue weighted by Gasteiger charge is -2.34. The Labute approximate surface area is 228 Å². The predicted octanol–water partition coefficient (Wildman–Crippen LogP) is 2.67. The van der Waals surface area contributed by atoms with Gasteiger partial charge in [0.1, 0.15) is 23.2 Å². The average Bonchev–Trinajstić information content (AvgIpc) is 3.29. The lowest BCUT2D eigenvalue weighted by atomic mass is 9.76. The summed E-state index contributed by atoms with van der Waals surface area (Å²) in [7, 11) is -4.15. The zero-order valence-electron chi connectivity index (χ0n) is 22.4. The molecule has 4 N–H and O–H groups in total. The summed E-state index contributed by atoms with van der Waals surface area (Å²) >= 11 is 0. The highest BCUT2D eigenvalue weighted by Crippen LogP contribution is 2.40.